The van der Waals surface area contributed by atoms with Gasteiger partial charge in [0.25, 0.3) is 0 Å². The van der Waals surface area contributed by atoms with Crippen LogP contribution in [0.4, 0.5) is 5.69 Å². The molecule has 0 amide bonds. The highest BCUT2D eigenvalue weighted by molar-refractivity contribution is 6.50. The normalized spacial score (nSPS) is 22.5. The van der Waals surface area contributed by atoms with Crippen molar-refractivity contribution in [3.8, 4) is 0 Å². The van der Waals surface area contributed by atoms with Crippen LogP contribution in [-0.2, 0) is 6.42 Å². The number of halogens is 2. The summed E-state index contributed by atoms with van der Waals surface area (Å²) in [6, 6.07) is 6.71. The lowest BCUT2D eigenvalue weighted by molar-refractivity contribution is 0.296. The summed E-state index contributed by atoms with van der Waals surface area (Å²) < 4.78 is -0.569. The SMILES string of the molecule is [O-]N(O)c1ccc(C[C@H]2CC2(Cl)Cl)cc1. The molecule has 1 aromatic carbocycles. The molecular weight excluding hydrogens is 237 g/mol. The van der Waals surface area contributed by atoms with Crippen LogP contribution in [0.2, 0.25) is 0 Å². The van der Waals surface area contributed by atoms with Gasteiger partial charge in [-0.2, -0.15) is 0 Å². The second-order valence-electron chi connectivity index (χ2n) is 3.81. The minimum Gasteiger partial charge on any atom is -0.733 e. The van der Waals surface area contributed by atoms with Crippen LogP contribution in [0.3, 0.4) is 0 Å². The molecular formula is C10H10Cl2NO2-. The monoisotopic (exact) mass is 246 g/mol. The van der Waals surface area contributed by atoms with E-state index in [9.17, 15) is 5.21 Å². The first-order chi connectivity index (χ1) is 6.99. The third kappa shape index (κ3) is 2.55. The van der Waals surface area contributed by atoms with Crippen molar-refractivity contribution >= 4 is 28.9 Å². The molecule has 0 spiro atoms. The van der Waals surface area contributed by atoms with E-state index in [0.29, 0.717) is 5.92 Å². The van der Waals surface area contributed by atoms with Crippen molar-refractivity contribution in [1.29, 1.82) is 0 Å². The second kappa shape index (κ2) is 3.83. The topological polar surface area (TPSA) is 46.5 Å². The Kier molecular flexibility index (Phi) is 2.81. The summed E-state index contributed by atoms with van der Waals surface area (Å²) in [5.74, 6) is 0.296. The zero-order chi connectivity index (χ0) is 11.1. The zero-order valence-corrected chi connectivity index (χ0v) is 9.37. The molecule has 0 aromatic heterocycles. The predicted molar refractivity (Wildman–Crippen MR) is 60.3 cm³/mol. The molecule has 3 nitrogen and oxygen atoms in total. The number of nitrogens with zero attached hydrogens (tertiary/aromatic N) is 1. The molecule has 1 aliphatic carbocycles. The lowest BCUT2D eigenvalue weighted by atomic mass is 10.1. The molecule has 0 unspecified atom stereocenters. The standard InChI is InChI=1S/C10H10Cl2NO2/c11-10(12)6-8(10)5-7-1-3-9(4-2-7)13(14)15/h1-4,8,14H,5-6H2/q-1/t8-/m0/s1. The summed E-state index contributed by atoms with van der Waals surface area (Å²) in [5, 5.41) is 19.0. The van der Waals surface area contributed by atoms with Gasteiger partial charge in [-0.15, -0.1) is 23.2 Å². The molecule has 82 valence electrons. The Bertz CT molecular complexity index is 351. The fraction of sp³-hybridized carbons (Fsp3) is 0.400. The third-order valence-electron chi connectivity index (χ3n) is 2.60. The highest BCUT2D eigenvalue weighted by Crippen LogP contribution is 2.54. The summed E-state index contributed by atoms with van der Waals surface area (Å²) in [6.07, 6.45) is 1.61. The van der Waals surface area contributed by atoms with Crippen molar-refractivity contribution in [2.24, 2.45) is 5.92 Å². The Hall–Kier alpha value is -0.480. The van der Waals surface area contributed by atoms with E-state index < -0.39 is 4.33 Å². The summed E-state index contributed by atoms with van der Waals surface area (Å²) in [6.45, 7) is 0. The zero-order valence-electron chi connectivity index (χ0n) is 7.86. The van der Waals surface area contributed by atoms with Crippen LogP contribution in [0.1, 0.15) is 12.0 Å². The van der Waals surface area contributed by atoms with Crippen LogP contribution in [0.25, 0.3) is 0 Å². The van der Waals surface area contributed by atoms with Gasteiger partial charge in [-0.3, -0.25) is 5.21 Å². The summed E-state index contributed by atoms with van der Waals surface area (Å²) in [5.41, 5.74) is 1.28. The molecule has 5 heteroatoms. The van der Waals surface area contributed by atoms with Crippen LogP contribution in [0.5, 0.6) is 0 Å². The molecule has 1 aliphatic rings. The fourth-order valence-corrected chi connectivity index (χ4v) is 2.06. The molecule has 0 saturated heterocycles. The number of rotatable bonds is 3. The van der Waals surface area contributed by atoms with Gasteiger partial charge < -0.3 is 10.4 Å². The number of anilines is 1. The molecule has 1 aromatic rings. The Morgan fingerprint density at radius 3 is 2.33 bits per heavy atom. The molecule has 0 heterocycles. The minimum absolute atomic E-state index is 0.158. The van der Waals surface area contributed by atoms with E-state index >= 15 is 0 Å². The second-order valence-corrected chi connectivity index (χ2v) is 5.35. The molecule has 0 bridgehead atoms. The van der Waals surface area contributed by atoms with Crippen molar-refractivity contribution < 1.29 is 5.21 Å². The average Bonchev–Trinajstić information content (AvgIpc) is 2.74. The van der Waals surface area contributed by atoms with E-state index in [1.165, 1.54) is 0 Å². The lowest BCUT2D eigenvalue weighted by Gasteiger charge is -2.21. The summed E-state index contributed by atoms with van der Waals surface area (Å²) in [7, 11) is 0. The van der Waals surface area contributed by atoms with Crippen LogP contribution in [-0.4, -0.2) is 9.54 Å². The van der Waals surface area contributed by atoms with Gasteiger partial charge >= 0.3 is 0 Å². The maximum Gasteiger partial charge on any atom is 0.121 e. The van der Waals surface area contributed by atoms with E-state index in [-0.39, 0.29) is 10.9 Å². The van der Waals surface area contributed by atoms with Gasteiger partial charge in [0.2, 0.25) is 0 Å². The maximum atomic E-state index is 10.5. The van der Waals surface area contributed by atoms with Gasteiger partial charge in [-0.1, -0.05) is 12.1 Å². The van der Waals surface area contributed by atoms with Gasteiger partial charge in [-0.25, -0.2) is 0 Å². The molecule has 15 heavy (non-hydrogen) atoms. The molecule has 1 atom stereocenters. The van der Waals surface area contributed by atoms with Crippen LogP contribution in [0.15, 0.2) is 24.3 Å². The molecule has 1 saturated carbocycles. The first-order valence-electron chi connectivity index (χ1n) is 4.62. The van der Waals surface area contributed by atoms with Crippen LogP contribution >= 0.6 is 23.2 Å². The van der Waals surface area contributed by atoms with Gasteiger partial charge in [-0.05, 0) is 36.5 Å². The average molecular weight is 247 g/mol. The van der Waals surface area contributed by atoms with Crippen molar-refractivity contribution in [2.75, 3.05) is 5.23 Å². The Morgan fingerprint density at radius 1 is 1.40 bits per heavy atom. The Labute approximate surface area is 97.7 Å². The van der Waals surface area contributed by atoms with Crippen molar-refractivity contribution in [1.82, 2.24) is 0 Å². The lowest BCUT2D eigenvalue weighted by Crippen LogP contribution is -2.06. The minimum atomic E-state index is -0.569. The largest absolute Gasteiger partial charge is 0.733 e. The van der Waals surface area contributed by atoms with Crippen LogP contribution < -0.4 is 5.23 Å². The van der Waals surface area contributed by atoms with E-state index in [1.807, 2.05) is 0 Å². The first-order valence-corrected chi connectivity index (χ1v) is 5.37. The highest BCUT2D eigenvalue weighted by Gasteiger charge is 2.51. The van der Waals surface area contributed by atoms with E-state index in [4.69, 9.17) is 28.4 Å². The number of hydrogen-bond donors (Lipinski definition) is 1. The first kappa shape index (κ1) is 11.0. The van der Waals surface area contributed by atoms with E-state index in [1.54, 1.807) is 24.3 Å². The maximum absolute atomic E-state index is 10.5. The van der Waals surface area contributed by atoms with E-state index in [0.717, 1.165) is 18.4 Å². The molecule has 1 N–H and O–H groups in total. The number of benzene rings is 1. The quantitative estimate of drug-likeness (QED) is 0.659. The summed E-state index contributed by atoms with van der Waals surface area (Å²) >= 11 is 11.8. The molecule has 1 fully saturated rings. The van der Waals surface area contributed by atoms with Gasteiger partial charge in [0.15, 0.2) is 0 Å². The fourth-order valence-electron chi connectivity index (χ4n) is 1.54. The van der Waals surface area contributed by atoms with E-state index in [2.05, 4.69) is 0 Å². The Balaban J connectivity index is 1.99. The van der Waals surface area contributed by atoms with Crippen molar-refractivity contribution in [3.05, 3.63) is 35.0 Å². The van der Waals surface area contributed by atoms with Gasteiger partial charge in [0.1, 0.15) is 4.33 Å². The predicted octanol–water partition coefficient (Wildman–Crippen LogP) is 3.12. The van der Waals surface area contributed by atoms with Gasteiger partial charge in [0, 0.05) is 0 Å². The van der Waals surface area contributed by atoms with Crippen molar-refractivity contribution in [3.63, 3.8) is 0 Å². The third-order valence-corrected chi connectivity index (χ3v) is 3.52. The van der Waals surface area contributed by atoms with Crippen molar-refractivity contribution in [2.45, 2.75) is 17.2 Å². The van der Waals surface area contributed by atoms with Gasteiger partial charge in [0.05, 0.1) is 5.69 Å². The molecule has 0 aliphatic heterocycles. The number of hydrogen-bond acceptors (Lipinski definition) is 3. The smallest absolute Gasteiger partial charge is 0.121 e. The highest BCUT2D eigenvalue weighted by atomic mass is 35.5. The number of alkyl halides is 2. The molecule has 0 radical (unpaired) electrons. The summed E-state index contributed by atoms with van der Waals surface area (Å²) in [4.78, 5) is 0. The Morgan fingerprint density at radius 2 is 1.93 bits per heavy atom. The van der Waals surface area contributed by atoms with Crippen LogP contribution in [0, 0.1) is 11.1 Å². The molecule has 2 rings (SSSR count).